The minimum absolute atomic E-state index is 0.00440. The number of benzene rings is 2. The molecule has 0 aromatic heterocycles. The number of amides is 1. The third kappa shape index (κ3) is 4.64. The van der Waals surface area contributed by atoms with E-state index in [0.717, 1.165) is 11.3 Å². The molecule has 0 fully saturated rings. The minimum atomic E-state index is -0.333. The van der Waals surface area contributed by atoms with Crippen LogP contribution in [0, 0.1) is 0 Å². The molecule has 0 radical (unpaired) electrons. The van der Waals surface area contributed by atoms with Crippen LogP contribution in [0.1, 0.15) is 22.0 Å². The molecular formula is C19H24N2O4. The Balaban J connectivity index is 2.08. The highest BCUT2D eigenvalue weighted by Gasteiger charge is 2.17. The molecule has 0 aliphatic carbocycles. The van der Waals surface area contributed by atoms with Gasteiger partial charge in [-0.3, -0.25) is 4.79 Å². The lowest BCUT2D eigenvalue weighted by atomic mass is 10.1. The first-order chi connectivity index (χ1) is 12.0. The zero-order valence-corrected chi connectivity index (χ0v) is 14.9. The predicted molar refractivity (Wildman–Crippen MR) is 96.4 cm³/mol. The normalized spacial score (nSPS) is 11.9. The van der Waals surface area contributed by atoms with Crippen molar-refractivity contribution in [2.75, 3.05) is 34.9 Å². The zero-order chi connectivity index (χ0) is 18.4. The van der Waals surface area contributed by atoms with E-state index in [1.807, 2.05) is 43.3 Å². The molecule has 6 nitrogen and oxygen atoms in total. The Kier molecular flexibility index (Phi) is 6.25. The summed E-state index contributed by atoms with van der Waals surface area (Å²) in [4.78, 5) is 14.4. The van der Waals surface area contributed by atoms with Crippen LogP contribution in [0.5, 0.6) is 17.2 Å². The largest absolute Gasteiger partial charge is 0.507 e. The van der Waals surface area contributed by atoms with E-state index in [1.165, 1.54) is 13.2 Å². The number of rotatable bonds is 7. The molecule has 0 heterocycles. The summed E-state index contributed by atoms with van der Waals surface area (Å²) in [5.41, 5.74) is 1.28. The molecule has 2 aromatic carbocycles. The first-order valence-corrected chi connectivity index (χ1v) is 7.91. The maximum Gasteiger partial charge on any atom is 0.255 e. The zero-order valence-electron chi connectivity index (χ0n) is 14.9. The number of likely N-dealkylation sites (N-methyl/N-ethyl adjacent to an activating group) is 1. The van der Waals surface area contributed by atoms with Gasteiger partial charge in [0.15, 0.2) is 0 Å². The maximum absolute atomic E-state index is 12.4. The molecule has 2 aromatic rings. The van der Waals surface area contributed by atoms with Crippen molar-refractivity contribution in [3.8, 4) is 17.2 Å². The molecule has 0 bridgehead atoms. The van der Waals surface area contributed by atoms with Gasteiger partial charge in [-0.25, -0.2) is 0 Å². The van der Waals surface area contributed by atoms with Crippen LogP contribution in [-0.2, 0) is 0 Å². The number of phenolic OH excluding ortho intramolecular Hbond substituents is 1. The second kappa shape index (κ2) is 8.39. The highest BCUT2D eigenvalue weighted by Crippen LogP contribution is 2.24. The van der Waals surface area contributed by atoms with Gasteiger partial charge in [0.25, 0.3) is 5.91 Å². The number of hydrogen-bond donors (Lipinski definition) is 2. The molecule has 2 N–H and O–H groups in total. The Morgan fingerprint density at radius 3 is 2.20 bits per heavy atom. The van der Waals surface area contributed by atoms with Gasteiger partial charge in [-0.15, -0.1) is 0 Å². The summed E-state index contributed by atoms with van der Waals surface area (Å²) in [6.45, 7) is 0.406. The topological polar surface area (TPSA) is 71.0 Å². The predicted octanol–water partition coefficient (Wildman–Crippen LogP) is 2.44. The number of nitrogens with zero attached hydrogens (tertiary/aromatic N) is 1. The van der Waals surface area contributed by atoms with Crippen LogP contribution in [0.3, 0.4) is 0 Å². The van der Waals surface area contributed by atoms with Crippen molar-refractivity contribution in [3.63, 3.8) is 0 Å². The molecule has 0 aliphatic rings. The van der Waals surface area contributed by atoms with E-state index in [-0.39, 0.29) is 23.3 Å². The van der Waals surface area contributed by atoms with Crippen molar-refractivity contribution < 1.29 is 19.4 Å². The lowest BCUT2D eigenvalue weighted by Crippen LogP contribution is -2.34. The van der Waals surface area contributed by atoms with Gasteiger partial charge in [0, 0.05) is 12.6 Å². The van der Waals surface area contributed by atoms with E-state index in [4.69, 9.17) is 9.47 Å². The molecule has 1 amide bonds. The van der Waals surface area contributed by atoms with Crippen molar-refractivity contribution in [1.29, 1.82) is 0 Å². The van der Waals surface area contributed by atoms with Gasteiger partial charge in [0.05, 0.1) is 25.8 Å². The first kappa shape index (κ1) is 18.6. The van der Waals surface area contributed by atoms with E-state index in [2.05, 4.69) is 5.32 Å². The molecule has 0 saturated heterocycles. The number of aromatic hydroxyl groups is 1. The molecule has 1 unspecified atom stereocenters. The van der Waals surface area contributed by atoms with E-state index < -0.39 is 0 Å². The Morgan fingerprint density at radius 1 is 1.08 bits per heavy atom. The number of nitrogens with one attached hydrogen (secondary N) is 1. The summed E-state index contributed by atoms with van der Waals surface area (Å²) < 4.78 is 10.2. The van der Waals surface area contributed by atoms with E-state index in [9.17, 15) is 9.90 Å². The molecular weight excluding hydrogens is 320 g/mol. The molecule has 6 heteroatoms. The molecule has 0 spiro atoms. The fraction of sp³-hybridized carbons (Fsp3) is 0.316. The number of ether oxygens (including phenoxy) is 2. The van der Waals surface area contributed by atoms with Gasteiger partial charge in [0.1, 0.15) is 17.2 Å². The lowest BCUT2D eigenvalue weighted by Gasteiger charge is -2.25. The first-order valence-electron chi connectivity index (χ1n) is 7.91. The van der Waals surface area contributed by atoms with Crippen LogP contribution < -0.4 is 14.8 Å². The summed E-state index contributed by atoms with van der Waals surface area (Å²) in [5, 5.41) is 12.8. The van der Waals surface area contributed by atoms with Crippen molar-refractivity contribution in [1.82, 2.24) is 10.2 Å². The number of phenols is 1. The second-order valence-corrected chi connectivity index (χ2v) is 5.85. The van der Waals surface area contributed by atoms with Crippen LogP contribution in [-0.4, -0.2) is 50.8 Å². The molecule has 1 atom stereocenters. The minimum Gasteiger partial charge on any atom is -0.507 e. The third-order valence-corrected chi connectivity index (χ3v) is 4.03. The summed E-state index contributed by atoms with van der Waals surface area (Å²) in [5.74, 6) is 0.843. The van der Waals surface area contributed by atoms with Gasteiger partial charge in [-0.1, -0.05) is 12.1 Å². The Morgan fingerprint density at radius 2 is 1.68 bits per heavy atom. The monoisotopic (exact) mass is 344 g/mol. The summed E-state index contributed by atoms with van der Waals surface area (Å²) in [7, 11) is 7.03. The van der Waals surface area contributed by atoms with E-state index in [0.29, 0.717) is 12.3 Å². The molecule has 25 heavy (non-hydrogen) atoms. The van der Waals surface area contributed by atoms with E-state index in [1.54, 1.807) is 19.2 Å². The molecule has 134 valence electrons. The summed E-state index contributed by atoms with van der Waals surface area (Å²) in [6, 6.07) is 12.3. The van der Waals surface area contributed by atoms with Crippen molar-refractivity contribution in [3.05, 3.63) is 53.6 Å². The van der Waals surface area contributed by atoms with Crippen molar-refractivity contribution >= 4 is 5.91 Å². The van der Waals surface area contributed by atoms with Crippen molar-refractivity contribution in [2.24, 2.45) is 0 Å². The molecule has 2 rings (SSSR count). The van der Waals surface area contributed by atoms with Crippen LogP contribution in [0.25, 0.3) is 0 Å². The highest BCUT2D eigenvalue weighted by atomic mass is 16.5. The standard InChI is InChI=1S/C19H24N2O4/c1-21(2)17(13-5-7-14(24-3)8-6-13)12-20-19(23)16-10-9-15(25-4)11-18(16)22/h5-11,17,22H,12H2,1-4H3,(H,20,23). The number of hydrogen-bond acceptors (Lipinski definition) is 5. The summed E-state index contributed by atoms with van der Waals surface area (Å²) in [6.07, 6.45) is 0. The van der Waals surface area contributed by atoms with E-state index >= 15 is 0 Å². The van der Waals surface area contributed by atoms with Crippen LogP contribution >= 0.6 is 0 Å². The van der Waals surface area contributed by atoms with Crippen LogP contribution in [0.2, 0.25) is 0 Å². The number of methoxy groups -OCH3 is 2. The average molecular weight is 344 g/mol. The van der Waals surface area contributed by atoms with Gasteiger partial charge in [-0.05, 0) is 43.9 Å². The Bertz CT molecular complexity index is 714. The van der Waals surface area contributed by atoms with Crippen LogP contribution in [0.15, 0.2) is 42.5 Å². The lowest BCUT2D eigenvalue weighted by molar-refractivity contribution is 0.0939. The third-order valence-electron chi connectivity index (χ3n) is 4.03. The van der Waals surface area contributed by atoms with Crippen LogP contribution in [0.4, 0.5) is 0 Å². The SMILES string of the molecule is COc1ccc(C(CNC(=O)c2ccc(OC)cc2O)N(C)C)cc1. The second-order valence-electron chi connectivity index (χ2n) is 5.85. The Labute approximate surface area is 148 Å². The summed E-state index contributed by atoms with van der Waals surface area (Å²) >= 11 is 0. The fourth-order valence-electron chi connectivity index (χ4n) is 2.54. The fourth-order valence-corrected chi connectivity index (χ4v) is 2.54. The van der Waals surface area contributed by atoms with Gasteiger partial charge in [-0.2, -0.15) is 0 Å². The molecule has 0 aliphatic heterocycles. The van der Waals surface area contributed by atoms with Gasteiger partial charge >= 0.3 is 0 Å². The maximum atomic E-state index is 12.4. The number of carbonyl (C=O) groups excluding carboxylic acids is 1. The van der Waals surface area contributed by atoms with Gasteiger partial charge in [0.2, 0.25) is 0 Å². The average Bonchev–Trinajstić information content (AvgIpc) is 2.61. The number of carbonyl (C=O) groups is 1. The molecule has 0 saturated carbocycles. The Hall–Kier alpha value is -2.73. The van der Waals surface area contributed by atoms with Gasteiger partial charge < -0.3 is 24.8 Å². The quantitative estimate of drug-likeness (QED) is 0.807. The smallest absolute Gasteiger partial charge is 0.255 e. The highest BCUT2D eigenvalue weighted by molar-refractivity contribution is 5.97. The van der Waals surface area contributed by atoms with Crippen molar-refractivity contribution in [2.45, 2.75) is 6.04 Å².